The maximum absolute atomic E-state index is 11.6. The average molecular weight is 549 g/mol. The van der Waals surface area contributed by atoms with E-state index in [0.29, 0.717) is 6.61 Å². The van der Waals surface area contributed by atoms with Gasteiger partial charge in [0.15, 0.2) is 8.32 Å². The molecule has 0 aliphatic rings. The highest BCUT2D eigenvalue weighted by atomic mass is 28.4. The first-order chi connectivity index (χ1) is 17.5. The maximum atomic E-state index is 11.6. The summed E-state index contributed by atoms with van der Waals surface area (Å²) in [5.74, 6) is 0.0963. The lowest BCUT2D eigenvalue weighted by atomic mass is 9.85. The molecular weight excluding hydrogens is 496 g/mol. The molecule has 1 rings (SSSR count). The predicted octanol–water partition coefficient (Wildman–Crippen LogP) is 6.94. The van der Waals surface area contributed by atoms with E-state index in [1.807, 2.05) is 38.1 Å². The van der Waals surface area contributed by atoms with Crippen molar-refractivity contribution < 1.29 is 28.5 Å². The van der Waals surface area contributed by atoms with E-state index in [0.717, 1.165) is 16.9 Å². The SMILES string of the molecule is COC(=O)/C=C/[C@H](C)[C@@H](O)[C@H](C)[C@@H](O[Si](C)(C)C(C)(C)C)/C(C)=C/[C@H](C)[C@H](C)OCc1ccc(OC)cc1. The van der Waals surface area contributed by atoms with Crippen LogP contribution < -0.4 is 4.74 Å². The lowest BCUT2D eigenvalue weighted by Crippen LogP contribution is -2.48. The van der Waals surface area contributed by atoms with Crippen molar-refractivity contribution >= 4 is 14.3 Å². The van der Waals surface area contributed by atoms with Gasteiger partial charge in [-0.1, -0.05) is 65.8 Å². The van der Waals surface area contributed by atoms with Crippen molar-refractivity contribution in [2.75, 3.05) is 14.2 Å². The molecule has 1 aromatic rings. The summed E-state index contributed by atoms with van der Waals surface area (Å²) >= 11 is 0. The third-order valence-corrected chi connectivity index (χ3v) is 12.4. The van der Waals surface area contributed by atoms with Gasteiger partial charge in [0.1, 0.15) is 5.75 Å². The summed E-state index contributed by atoms with van der Waals surface area (Å²) in [6, 6.07) is 7.90. The number of benzene rings is 1. The fourth-order valence-corrected chi connectivity index (χ4v) is 5.31. The molecule has 0 aliphatic heterocycles. The Morgan fingerprint density at radius 1 is 1.03 bits per heavy atom. The van der Waals surface area contributed by atoms with Crippen LogP contribution in [0.5, 0.6) is 5.75 Å². The van der Waals surface area contributed by atoms with Crippen LogP contribution in [0.3, 0.4) is 0 Å². The molecule has 6 atom stereocenters. The Bertz CT molecular complexity index is 915. The van der Waals surface area contributed by atoms with Crippen LogP contribution in [0, 0.1) is 17.8 Å². The Morgan fingerprint density at radius 3 is 2.11 bits per heavy atom. The Kier molecular flexibility index (Phi) is 13.5. The highest BCUT2D eigenvalue weighted by Gasteiger charge is 2.42. The number of carbonyl (C=O) groups is 1. The van der Waals surface area contributed by atoms with Crippen LogP contribution in [0.1, 0.15) is 61.0 Å². The maximum Gasteiger partial charge on any atom is 0.330 e. The van der Waals surface area contributed by atoms with Crippen molar-refractivity contribution in [1.82, 2.24) is 0 Å². The minimum absolute atomic E-state index is 0.0114. The molecule has 1 N–H and O–H groups in total. The molecule has 0 amide bonds. The van der Waals surface area contributed by atoms with Crippen molar-refractivity contribution in [2.24, 2.45) is 17.8 Å². The highest BCUT2D eigenvalue weighted by molar-refractivity contribution is 6.74. The van der Waals surface area contributed by atoms with Crippen molar-refractivity contribution in [3.8, 4) is 5.75 Å². The van der Waals surface area contributed by atoms with E-state index in [-0.39, 0.29) is 35.0 Å². The Morgan fingerprint density at radius 2 is 1.61 bits per heavy atom. The molecule has 0 unspecified atom stereocenters. The monoisotopic (exact) mass is 548 g/mol. The van der Waals surface area contributed by atoms with Gasteiger partial charge in [-0.15, -0.1) is 0 Å². The zero-order valence-corrected chi connectivity index (χ0v) is 26.7. The zero-order valence-electron chi connectivity index (χ0n) is 25.7. The average Bonchev–Trinajstić information content (AvgIpc) is 2.87. The van der Waals surface area contributed by atoms with Crippen molar-refractivity contribution in [3.63, 3.8) is 0 Å². The number of rotatable bonds is 14. The van der Waals surface area contributed by atoms with Gasteiger partial charge in [0.2, 0.25) is 0 Å². The summed E-state index contributed by atoms with van der Waals surface area (Å²) < 4.78 is 23.0. The molecule has 0 heterocycles. The predicted molar refractivity (Wildman–Crippen MR) is 158 cm³/mol. The van der Waals surface area contributed by atoms with Crippen LogP contribution >= 0.6 is 0 Å². The van der Waals surface area contributed by atoms with Crippen molar-refractivity contribution in [1.29, 1.82) is 0 Å². The number of esters is 1. The quantitative estimate of drug-likeness (QED) is 0.118. The smallest absolute Gasteiger partial charge is 0.330 e. The first kappa shape index (κ1) is 34.1. The lowest BCUT2D eigenvalue weighted by Gasteiger charge is -2.43. The summed E-state index contributed by atoms with van der Waals surface area (Å²) in [4.78, 5) is 11.6. The molecule has 0 spiro atoms. The van der Waals surface area contributed by atoms with E-state index in [1.54, 1.807) is 13.2 Å². The minimum atomic E-state index is -2.15. The number of hydrogen-bond donors (Lipinski definition) is 1. The van der Waals surface area contributed by atoms with Gasteiger partial charge < -0.3 is 23.7 Å². The summed E-state index contributed by atoms with van der Waals surface area (Å²) in [5.41, 5.74) is 2.17. The molecule has 0 saturated carbocycles. The van der Waals surface area contributed by atoms with E-state index in [9.17, 15) is 9.90 Å². The number of methoxy groups -OCH3 is 2. The van der Waals surface area contributed by atoms with E-state index >= 15 is 0 Å². The lowest BCUT2D eigenvalue weighted by molar-refractivity contribution is -0.134. The second-order valence-electron chi connectivity index (χ2n) is 12.0. The molecule has 7 heteroatoms. The van der Waals surface area contributed by atoms with Gasteiger partial charge in [0.25, 0.3) is 0 Å². The Hall–Kier alpha value is -1.93. The second-order valence-corrected chi connectivity index (χ2v) is 16.8. The summed E-state index contributed by atoms with van der Waals surface area (Å²) in [6.45, 7) is 21.9. The second kappa shape index (κ2) is 15.0. The first-order valence-corrected chi connectivity index (χ1v) is 16.5. The Labute approximate surface area is 232 Å². The first-order valence-electron chi connectivity index (χ1n) is 13.6. The molecule has 0 saturated heterocycles. The number of ether oxygens (including phenoxy) is 3. The van der Waals surface area contributed by atoms with Crippen LogP contribution in [0.15, 0.2) is 48.1 Å². The summed E-state index contributed by atoms with van der Waals surface area (Å²) in [7, 11) is 0.855. The molecule has 6 nitrogen and oxygen atoms in total. The van der Waals surface area contributed by atoms with E-state index in [2.05, 4.69) is 60.7 Å². The van der Waals surface area contributed by atoms with Gasteiger partial charge in [-0.3, -0.25) is 0 Å². The fourth-order valence-electron chi connectivity index (χ4n) is 3.93. The third-order valence-electron chi connectivity index (χ3n) is 7.91. The number of aliphatic hydroxyl groups excluding tert-OH is 1. The van der Waals surface area contributed by atoms with E-state index in [4.69, 9.17) is 18.6 Å². The van der Waals surface area contributed by atoms with Gasteiger partial charge in [-0.05, 0) is 55.2 Å². The van der Waals surface area contributed by atoms with Crippen LogP contribution in [-0.4, -0.2) is 51.9 Å². The third kappa shape index (κ3) is 10.3. The van der Waals surface area contributed by atoms with Crippen LogP contribution in [0.25, 0.3) is 0 Å². The van der Waals surface area contributed by atoms with E-state index in [1.165, 1.54) is 13.2 Å². The highest BCUT2D eigenvalue weighted by Crippen LogP contribution is 2.40. The molecule has 0 fully saturated rings. The molecule has 216 valence electrons. The molecule has 0 aliphatic carbocycles. The number of carbonyl (C=O) groups excluding carboxylic acids is 1. The summed E-state index contributed by atoms with van der Waals surface area (Å²) in [6.07, 6.45) is 4.31. The molecule has 1 aromatic carbocycles. The summed E-state index contributed by atoms with van der Waals surface area (Å²) in [5, 5.41) is 11.3. The number of aliphatic hydroxyl groups is 1. The fraction of sp³-hybridized carbons (Fsp3) is 0.645. The van der Waals surface area contributed by atoms with Gasteiger partial charge in [-0.25, -0.2) is 4.79 Å². The standard InChI is InChI=1S/C31H52O6Si/c1-21(13-18-28(32)35-10)29(33)24(4)30(37-38(11,12)31(6,7)8)23(3)19-22(2)25(5)36-20-26-14-16-27(34-9)17-15-26/h13-19,21-22,24-25,29-30,33H,20H2,1-12H3/b18-13+,23-19+/t21-,22-,24-,25-,29+,30-/m0/s1. The molecule has 0 aromatic heterocycles. The zero-order chi connectivity index (χ0) is 29.3. The molecule has 0 bridgehead atoms. The largest absolute Gasteiger partial charge is 0.497 e. The van der Waals surface area contributed by atoms with Crippen molar-refractivity contribution in [3.05, 3.63) is 53.6 Å². The van der Waals surface area contributed by atoms with Crippen LogP contribution in [0.4, 0.5) is 0 Å². The molecule has 0 radical (unpaired) electrons. The molecular formula is C31H52O6Si. The van der Waals surface area contributed by atoms with Gasteiger partial charge in [-0.2, -0.15) is 0 Å². The normalized spacial score (nSPS) is 18.0. The van der Waals surface area contributed by atoms with Gasteiger partial charge in [0, 0.05) is 23.8 Å². The van der Waals surface area contributed by atoms with Gasteiger partial charge >= 0.3 is 5.97 Å². The number of hydrogen-bond acceptors (Lipinski definition) is 6. The van der Waals surface area contributed by atoms with Crippen LogP contribution in [0.2, 0.25) is 18.1 Å². The van der Waals surface area contributed by atoms with E-state index < -0.39 is 20.4 Å². The Balaban J connectivity index is 3.11. The van der Waals surface area contributed by atoms with Crippen molar-refractivity contribution in [2.45, 2.75) is 98.4 Å². The van der Waals surface area contributed by atoms with Crippen LogP contribution in [-0.2, 0) is 25.3 Å². The van der Waals surface area contributed by atoms with Gasteiger partial charge in [0.05, 0.1) is 39.1 Å². The minimum Gasteiger partial charge on any atom is -0.497 e. The molecule has 38 heavy (non-hydrogen) atoms. The topological polar surface area (TPSA) is 74.2 Å².